The van der Waals surface area contributed by atoms with E-state index in [4.69, 9.17) is 27.9 Å². The van der Waals surface area contributed by atoms with Crippen LogP contribution in [-0.2, 0) is 11.2 Å². The zero-order chi connectivity index (χ0) is 21.0. The molecule has 3 rings (SSSR count). The summed E-state index contributed by atoms with van der Waals surface area (Å²) in [6, 6.07) is 12.6. The van der Waals surface area contributed by atoms with E-state index in [1.165, 1.54) is 23.0 Å². The van der Waals surface area contributed by atoms with Crippen molar-refractivity contribution in [1.82, 2.24) is 0 Å². The molecule has 3 aromatic rings. The van der Waals surface area contributed by atoms with Crippen molar-refractivity contribution < 1.29 is 14.3 Å². The first-order chi connectivity index (χ1) is 13.9. The van der Waals surface area contributed by atoms with E-state index in [9.17, 15) is 9.59 Å². The number of carbonyl (C=O) groups excluding carboxylic acids is 2. The first-order valence-corrected chi connectivity index (χ1v) is 10.7. The van der Waals surface area contributed by atoms with Crippen LogP contribution in [0.5, 0.6) is 0 Å². The second-order valence-electron chi connectivity index (χ2n) is 6.21. The first-order valence-electron chi connectivity index (χ1n) is 9.08. The molecule has 1 N–H and O–H groups in total. The zero-order valence-corrected chi connectivity index (χ0v) is 18.3. The monoisotopic (exact) mass is 447 g/mol. The highest BCUT2D eigenvalue weighted by atomic mass is 35.5. The third-order valence-corrected chi connectivity index (χ3v) is 5.99. The van der Waals surface area contributed by atoms with Crippen molar-refractivity contribution in [2.45, 2.75) is 20.3 Å². The molecule has 0 atom stereocenters. The number of halogens is 2. The van der Waals surface area contributed by atoms with Gasteiger partial charge in [-0.1, -0.05) is 54.4 Å². The van der Waals surface area contributed by atoms with Gasteiger partial charge >= 0.3 is 5.97 Å². The Kier molecular flexibility index (Phi) is 6.96. The number of amides is 1. The van der Waals surface area contributed by atoms with Crippen LogP contribution in [0.1, 0.15) is 40.1 Å². The van der Waals surface area contributed by atoms with Gasteiger partial charge < -0.3 is 10.1 Å². The van der Waals surface area contributed by atoms with Gasteiger partial charge in [0.1, 0.15) is 10.6 Å². The van der Waals surface area contributed by atoms with Crippen LogP contribution < -0.4 is 5.32 Å². The second-order valence-corrected chi connectivity index (χ2v) is 7.90. The summed E-state index contributed by atoms with van der Waals surface area (Å²) in [4.78, 5) is 25.3. The molecule has 150 valence electrons. The van der Waals surface area contributed by atoms with Gasteiger partial charge in [-0.05, 0) is 42.7 Å². The molecule has 0 radical (unpaired) electrons. The Hall–Kier alpha value is -2.34. The van der Waals surface area contributed by atoms with Gasteiger partial charge in [0.25, 0.3) is 5.91 Å². The summed E-state index contributed by atoms with van der Waals surface area (Å²) < 4.78 is 5.23. The molecule has 0 spiro atoms. The molecule has 0 aliphatic carbocycles. The standard InChI is InChI=1S/C22H19Cl2NO3S/c1-3-13-5-7-14(8-6-13)16-12-29-21(19(16)22(27)28-4-2)25-20(26)15-9-10-17(23)18(24)11-15/h5-12H,3-4H2,1-2H3,(H,25,26). The molecule has 4 nitrogen and oxygen atoms in total. The predicted molar refractivity (Wildman–Crippen MR) is 120 cm³/mol. The molecular weight excluding hydrogens is 429 g/mol. The van der Waals surface area contributed by atoms with Crippen molar-refractivity contribution >= 4 is 51.4 Å². The van der Waals surface area contributed by atoms with Gasteiger partial charge in [0, 0.05) is 16.5 Å². The summed E-state index contributed by atoms with van der Waals surface area (Å²) in [5.41, 5.74) is 3.50. The number of aryl methyl sites for hydroxylation is 1. The fraction of sp³-hybridized carbons (Fsp3) is 0.182. The normalized spacial score (nSPS) is 10.6. The summed E-state index contributed by atoms with van der Waals surface area (Å²) in [5, 5.41) is 5.72. The van der Waals surface area contributed by atoms with E-state index in [-0.39, 0.29) is 17.5 Å². The summed E-state index contributed by atoms with van der Waals surface area (Å²) in [5.74, 6) is -0.864. The fourth-order valence-electron chi connectivity index (χ4n) is 2.80. The van der Waals surface area contributed by atoms with Gasteiger partial charge in [0.05, 0.1) is 16.7 Å². The smallest absolute Gasteiger partial charge is 0.341 e. The number of hydrogen-bond acceptors (Lipinski definition) is 4. The van der Waals surface area contributed by atoms with Gasteiger partial charge in [0.15, 0.2) is 0 Å². The average molecular weight is 448 g/mol. The molecule has 1 heterocycles. The highest BCUT2D eigenvalue weighted by Gasteiger charge is 2.23. The van der Waals surface area contributed by atoms with E-state index in [2.05, 4.69) is 12.2 Å². The number of ether oxygens (including phenoxy) is 1. The van der Waals surface area contributed by atoms with Gasteiger partial charge in [0.2, 0.25) is 0 Å². The lowest BCUT2D eigenvalue weighted by molar-refractivity contribution is 0.0529. The van der Waals surface area contributed by atoms with Crippen LogP contribution in [-0.4, -0.2) is 18.5 Å². The van der Waals surface area contributed by atoms with E-state index >= 15 is 0 Å². The van der Waals surface area contributed by atoms with Crippen molar-refractivity contribution in [3.63, 3.8) is 0 Å². The molecule has 0 unspecified atom stereocenters. The summed E-state index contributed by atoms with van der Waals surface area (Å²) in [6.07, 6.45) is 0.930. The van der Waals surface area contributed by atoms with Gasteiger partial charge in [-0.15, -0.1) is 11.3 Å². The molecule has 0 saturated carbocycles. The largest absolute Gasteiger partial charge is 0.462 e. The number of benzene rings is 2. The number of esters is 1. The van der Waals surface area contributed by atoms with Gasteiger partial charge in [-0.25, -0.2) is 4.79 Å². The maximum atomic E-state index is 12.7. The van der Waals surface area contributed by atoms with Crippen LogP contribution in [0.3, 0.4) is 0 Å². The van der Waals surface area contributed by atoms with Crippen molar-refractivity contribution in [3.05, 3.63) is 74.6 Å². The molecule has 7 heteroatoms. The molecule has 1 amide bonds. The Bertz CT molecular complexity index is 1040. The van der Waals surface area contributed by atoms with Crippen LogP contribution in [0.25, 0.3) is 11.1 Å². The summed E-state index contributed by atoms with van der Waals surface area (Å²) in [6.45, 7) is 4.07. The Balaban J connectivity index is 1.97. The molecule has 29 heavy (non-hydrogen) atoms. The van der Waals surface area contributed by atoms with Crippen molar-refractivity contribution in [2.24, 2.45) is 0 Å². The van der Waals surface area contributed by atoms with Crippen LogP contribution >= 0.6 is 34.5 Å². The quantitative estimate of drug-likeness (QED) is 0.426. The number of hydrogen-bond donors (Lipinski definition) is 1. The minimum absolute atomic E-state index is 0.239. The molecule has 1 aromatic heterocycles. The minimum atomic E-state index is -0.479. The summed E-state index contributed by atoms with van der Waals surface area (Å²) >= 11 is 13.2. The van der Waals surface area contributed by atoms with E-state index in [0.717, 1.165) is 17.5 Å². The van der Waals surface area contributed by atoms with Crippen LogP contribution in [0.4, 0.5) is 5.00 Å². The minimum Gasteiger partial charge on any atom is -0.462 e. The number of anilines is 1. The molecular formula is C22H19Cl2NO3S. The highest BCUT2D eigenvalue weighted by Crippen LogP contribution is 2.37. The Morgan fingerprint density at radius 1 is 1.03 bits per heavy atom. The van der Waals surface area contributed by atoms with E-state index < -0.39 is 5.97 Å². The maximum absolute atomic E-state index is 12.7. The average Bonchev–Trinajstić information content (AvgIpc) is 3.13. The number of rotatable bonds is 6. The van der Waals surface area contributed by atoms with Crippen molar-refractivity contribution in [2.75, 3.05) is 11.9 Å². The Morgan fingerprint density at radius 3 is 2.38 bits per heavy atom. The summed E-state index contributed by atoms with van der Waals surface area (Å²) in [7, 11) is 0. The highest BCUT2D eigenvalue weighted by molar-refractivity contribution is 7.15. The molecule has 0 fully saturated rings. The maximum Gasteiger partial charge on any atom is 0.341 e. The molecule has 2 aromatic carbocycles. The number of carbonyl (C=O) groups is 2. The van der Waals surface area contributed by atoms with E-state index in [1.807, 2.05) is 29.6 Å². The Labute approximate surface area is 183 Å². The lowest BCUT2D eigenvalue weighted by atomic mass is 10.0. The third-order valence-electron chi connectivity index (χ3n) is 4.35. The topological polar surface area (TPSA) is 55.4 Å². The zero-order valence-electron chi connectivity index (χ0n) is 15.9. The van der Waals surface area contributed by atoms with Gasteiger partial charge in [-0.2, -0.15) is 0 Å². The van der Waals surface area contributed by atoms with E-state index in [1.54, 1.807) is 19.1 Å². The fourth-order valence-corrected chi connectivity index (χ4v) is 4.05. The number of nitrogens with one attached hydrogen (secondary N) is 1. The first kappa shape index (κ1) is 21.4. The van der Waals surface area contributed by atoms with Gasteiger partial charge in [-0.3, -0.25) is 4.79 Å². The SMILES string of the molecule is CCOC(=O)c1c(-c2ccc(CC)cc2)csc1NC(=O)c1ccc(Cl)c(Cl)c1. The lowest BCUT2D eigenvalue weighted by Gasteiger charge is -2.09. The molecule has 0 aliphatic heterocycles. The van der Waals surface area contributed by atoms with Crippen LogP contribution in [0.15, 0.2) is 47.8 Å². The van der Waals surface area contributed by atoms with Crippen molar-refractivity contribution in [3.8, 4) is 11.1 Å². The third kappa shape index (κ3) is 4.81. The molecule has 0 bridgehead atoms. The van der Waals surface area contributed by atoms with Crippen molar-refractivity contribution in [1.29, 1.82) is 0 Å². The molecule has 0 aliphatic rings. The Morgan fingerprint density at radius 2 is 1.76 bits per heavy atom. The lowest BCUT2D eigenvalue weighted by Crippen LogP contribution is -2.14. The second kappa shape index (κ2) is 9.44. The molecule has 0 saturated heterocycles. The van der Waals surface area contributed by atoms with Crippen LogP contribution in [0, 0.1) is 0 Å². The number of thiophene rings is 1. The van der Waals surface area contributed by atoms with Crippen LogP contribution in [0.2, 0.25) is 10.0 Å². The van der Waals surface area contributed by atoms with E-state index in [0.29, 0.717) is 21.2 Å². The predicted octanol–water partition coefficient (Wildman–Crippen LogP) is 6.71.